The molecular weight excluding hydrogens is 252 g/mol. The van der Waals surface area contributed by atoms with Crippen molar-refractivity contribution in [2.45, 2.75) is 31.3 Å². The maximum atomic E-state index is 12.0. The second kappa shape index (κ2) is 5.00. The smallest absolute Gasteiger partial charge is 0.374 e. The molecule has 1 aliphatic rings. The quantitative estimate of drug-likeness (QED) is 0.835. The minimum atomic E-state index is -1.27. The predicted molar refractivity (Wildman–Crippen MR) is 63.8 cm³/mol. The Hall–Kier alpha value is -1.89. The standard InChI is InChI=1S/C12H16N2O5/c1-14(7-12(18)4-2-3-5-12)10(15)8-6-9(11(16)17)19-13-8/h6,18H,2-5,7H2,1H3,(H,16,17). The number of nitrogens with zero attached hydrogens (tertiary/aromatic N) is 2. The average Bonchev–Trinajstić information content (AvgIpc) is 2.97. The van der Waals surface area contributed by atoms with Crippen LogP contribution in [0.15, 0.2) is 10.6 Å². The molecule has 0 aliphatic heterocycles. The second-order valence-electron chi connectivity index (χ2n) is 4.97. The number of amides is 1. The van der Waals surface area contributed by atoms with Crippen molar-refractivity contribution in [1.82, 2.24) is 10.1 Å². The summed E-state index contributed by atoms with van der Waals surface area (Å²) in [6, 6.07) is 1.08. The number of hydrogen-bond donors (Lipinski definition) is 2. The molecular formula is C12H16N2O5. The number of hydrogen-bond acceptors (Lipinski definition) is 5. The molecule has 1 fully saturated rings. The molecule has 7 nitrogen and oxygen atoms in total. The van der Waals surface area contributed by atoms with Gasteiger partial charge < -0.3 is 19.6 Å². The fraction of sp³-hybridized carbons (Fsp3) is 0.583. The third kappa shape index (κ3) is 2.93. The van der Waals surface area contributed by atoms with Gasteiger partial charge in [0.1, 0.15) is 0 Å². The average molecular weight is 268 g/mol. The Morgan fingerprint density at radius 1 is 1.47 bits per heavy atom. The van der Waals surface area contributed by atoms with Gasteiger partial charge in [0, 0.05) is 19.7 Å². The van der Waals surface area contributed by atoms with E-state index in [0.717, 1.165) is 18.9 Å². The molecule has 1 amide bonds. The zero-order valence-electron chi connectivity index (χ0n) is 10.6. The topological polar surface area (TPSA) is 104 Å². The fourth-order valence-corrected chi connectivity index (χ4v) is 2.38. The fourth-order valence-electron chi connectivity index (χ4n) is 2.38. The molecule has 1 saturated carbocycles. The molecule has 0 atom stereocenters. The van der Waals surface area contributed by atoms with Crippen molar-refractivity contribution in [3.05, 3.63) is 17.5 Å². The molecule has 0 unspecified atom stereocenters. The van der Waals surface area contributed by atoms with E-state index in [1.54, 1.807) is 7.05 Å². The highest BCUT2D eigenvalue weighted by atomic mass is 16.5. The number of aromatic carboxylic acids is 1. The Labute approximate surface area is 109 Å². The van der Waals surface area contributed by atoms with Crippen molar-refractivity contribution in [2.24, 2.45) is 0 Å². The zero-order valence-corrected chi connectivity index (χ0v) is 10.6. The summed E-state index contributed by atoms with van der Waals surface area (Å²) < 4.78 is 4.53. The summed E-state index contributed by atoms with van der Waals surface area (Å²) >= 11 is 0. The maximum absolute atomic E-state index is 12.0. The third-order valence-corrected chi connectivity index (χ3v) is 3.35. The molecule has 7 heteroatoms. The summed E-state index contributed by atoms with van der Waals surface area (Å²) in [7, 11) is 1.55. The SMILES string of the molecule is CN(CC1(O)CCCC1)C(=O)c1cc(C(=O)O)on1. The number of likely N-dealkylation sites (N-methyl/N-ethyl adjacent to an activating group) is 1. The van der Waals surface area contributed by atoms with Crippen molar-refractivity contribution in [2.75, 3.05) is 13.6 Å². The molecule has 0 saturated heterocycles. The van der Waals surface area contributed by atoms with E-state index in [9.17, 15) is 14.7 Å². The minimum absolute atomic E-state index is 0.0681. The lowest BCUT2D eigenvalue weighted by Crippen LogP contribution is -2.42. The molecule has 104 valence electrons. The zero-order chi connectivity index (χ0) is 14.0. The first-order valence-corrected chi connectivity index (χ1v) is 6.09. The van der Waals surface area contributed by atoms with E-state index in [-0.39, 0.29) is 18.0 Å². The maximum Gasteiger partial charge on any atom is 0.374 e. The number of carbonyl (C=O) groups is 2. The van der Waals surface area contributed by atoms with Crippen molar-refractivity contribution >= 4 is 11.9 Å². The Morgan fingerprint density at radius 2 is 2.11 bits per heavy atom. The Morgan fingerprint density at radius 3 is 2.63 bits per heavy atom. The van der Waals surface area contributed by atoms with E-state index in [4.69, 9.17) is 5.11 Å². The van der Waals surface area contributed by atoms with E-state index < -0.39 is 17.5 Å². The van der Waals surface area contributed by atoms with Gasteiger partial charge in [0.2, 0.25) is 5.76 Å². The van der Waals surface area contributed by atoms with Crippen LogP contribution in [0.25, 0.3) is 0 Å². The summed E-state index contributed by atoms with van der Waals surface area (Å²) in [5.41, 5.74) is -0.912. The van der Waals surface area contributed by atoms with Crippen molar-refractivity contribution in [1.29, 1.82) is 0 Å². The molecule has 0 radical (unpaired) electrons. The van der Waals surface area contributed by atoms with Crippen molar-refractivity contribution < 1.29 is 24.3 Å². The van der Waals surface area contributed by atoms with E-state index in [1.165, 1.54) is 4.90 Å². The molecule has 0 bridgehead atoms. The van der Waals surface area contributed by atoms with Gasteiger partial charge in [-0.05, 0) is 12.8 Å². The Balaban J connectivity index is 2.03. The minimum Gasteiger partial charge on any atom is -0.475 e. The van der Waals surface area contributed by atoms with Crippen LogP contribution in [0, 0.1) is 0 Å². The van der Waals surface area contributed by atoms with Crippen LogP contribution in [0.3, 0.4) is 0 Å². The monoisotopic (exact) mass is 268 g/mol. The summed E-state index contributed by atoms with van der Waals surface area (Å²) in [5, 5.41) is 22.3. The molecule has 0 aromatic carbocycles. The number of aromatic nitrogens is 1. The highest BCUT2D eigenvalue weighted by molar-refractivity contribution is 5.94. The van der Waals surface area contributed by atoms with Crippen LogP contribution >= 0.6 is 0 Å². The predicted octanol–water partition coefficient (Wildman–Crippen LogP) is 0.750. The van der Waals surface area contributed by atoms with Gasteiger partial charge in [-0.3, -0.25) is 4.79 Å². The van der Waals surface area contributed by atoms with E-state index in [2.05, 4.69) is 9.68 Å². The first-order chi connectivity index (χ1) is 8.91. The van der Waals surface area contributed by atoms with Crippen molar-refractivity contribution in [3.8, 4) is 0 Å². The highest BCUT2D eigenvalue weighted by Crippen LogP contribution is 2.30. The van der Waals surface area contributed by atoms with Gasteiger partial charge in [-0.1, -0.05) is 18.0 Å². The van der Waals surface area contributed by atoms with Crippen LogP contribution < -0.4 is 0 Å². The Bertz CT molecular complexity index is 490. The summed E-state index contributed by atoms with van der Waals surface area (Å²) in [6.07, 6.45) is 3.24. The largest absolute Gasteiger partial charge is 0.475 e. The van der Waals surface area contributed by atoms with Crippen LogP contribution in [-0.4, -0.2) is 51.3 Å². The molecule has 2 rings (SSSR count). The molecule has 1 aromatic heterocycles. The van der Waals surface area contributed by atoms with E-state index in [1.807, 2.05) is 0 Å². The number of rotatable bonds is 4. The van der Waals surface area contributed by atoms with Crippen LogP contribution in [-0.2, 0) is 0 Å². The first-order valence-electron chi connectivity index (χ1n) is 6.09. The van der Waals surface area contributed by atoms with Gasteiger partial charge in [-0.25, -0.2) is 4.79 Å². The second-order valence-corrected chi connectivity index (χ2v) is 4.97. The number of carbonyl (C=O) groups excluding carboxylic acids is 1. The van der Waals surface area contributed by atoms with Crippen molar-refractivity contribution in [3.63, 3.8) is 0 Å². The molecule has 19 heavy (non-hydrogen) atoms. The van der Waals surface area contributed by atoms with Crippen LogP contribution in [0.4, 0.5) is 0 Å². The molecule has 1 aromatic rings. The number of carboxylic acids is 1. The van der Waals surface area contributed by atoms with Gasteiger partial charge in [-0.15, -0.1) is 0 Å². The lowest BCUT2D eigenvalue weighted by atomic mass is 10.0. The molecule has 1 heterocycles. The lowest BCUT2D eigenvalue weighted by Gasteiger charge is -2.28. The number of carboxylic acid groups (broad SMARTS) is 1. The van der Waals surface area contributed by atoms with Gasteiger partial charge in [0.05, 0.1) is 5.60 Å². The van der Waals surface area contributed by atoms with Gasteiger partial charge >= 0.3 is 5.97 Å². The lowest BCUT2D eigenvalue weighted by molar-refractivity contribution is 0.0153. The first kappa shape index (κ1) is 13.5. The molecule has 0 spiro atoms. The van der Waals surface area contributed by atoms with Crippen LogP contribution in [0.2, 0.25) is 0 Å². The van der Waals surface area contributed by atoms with Gasteiger partial charge in [0.25, 0.3) is 5.91 Å². The third-order valence-electron chi connectivity index (χ3n) is 3.35. The number of aliphatic hydroxyl groups is 1. The van der Waals surface area contributed by atoms with E-state index >= 15 is 0 Å². The normalized spacial score (nSPS) is 17.4. The molecule has 2 N–H and O–H groups in total. The van der Waals surface area contributed by atoms with Gasteiger partial charge in [0.15, 0.2) is 5.69 Å². The highest BCUT2D eigenvalue weighted by Gasteiger charge is 2.34. The summed E-state index contributed by atoms with van der Waals surface area (Å²) in [6.45, 7) is 0.209. The van der Waals surface area contributed by atoms with Gasteiger partial charge in [-0.2, -0.15) is 0 Å². The summed E-state index contributed by atoms with van der Waals surface area (Å²) in [4.78, 5) is 24.0. The van der Waals surface area contributed by atoms with E-state index in [0.29, 0.717) is 12.8 Å². The van der Waals surface area contributed by atoms with Crippen LogP contribution in [0.1, 0.15) is 46.7 Å². The molecule has 1 aliphatic carbocycles. The van der Waals surface area contributed by atoms with Crippen LogP contribution in [0.5, 0.6) is 0 Å². The summed E-state index contributed by atoms with van der Waals surface area (Å²) in [5.74, 6) is -2.11. The Kier molecular flexibility index (Phi) is 3.57.